The second-order valence-electron chi connectivity index (χ2n) is 3.18. The maximum Gasteiger partial charge on any atom is 0.328 e. The van der Waals surface area contributed by atoms with Gasteiger partial charge in [0.2, 0.25) is 0 Å². The molecule has 0 aliphatic heterocycles. The summed E-state index contributed by atoms with van der Waals surface area (Å²) < 4.78 is 5.06. The highest BCUT2D eigenvalue weighted by molar-refractivity contribution is 5.95. The normalized spacial score (nSPS) is 10.4. The Morgan fingerprint density at radius 1 is 1.38 bits per heavy atom. The second-order valence-corrected chi connectivity index (χ2v) is 3.18. The molecular weight excluding hydrogens is 208 g/mol. The van der Waals surface area contributed by atoms with Crippen LogP contribution in [0.2, 0.25) is 0 Å². The van der Waals surface area contributed by atoms with Crippen LogP contribution in [0.25, 0.3) is 6.08 Å². The fourth-order valence-electron chi connectivity index (χ4n) is 1.24. The summed E-state index contributed by atoms with van der Waals surface area (Å²) in [6.45, 7) is 1.45. The van der Waals surface area contributed by atoms with Crippen molar-refractivity contribution in [3.63, 3.8) is 0 Å². The first kappa shape index (κ1) is 12.0. The first-order chi connectivity index (χ1) is 7.54. The van der Waals surface area contributed by atoms with Crippen molar-refractivity contribution in [3.8, 4) is 5.75 Å². The molecule has 16 heavy (non-hydrogen) atoms. The number of rotatable bonds is 4. The van der Waals surface area contributed by atoms with Gasteiger partial charge in [-0.05, 0) is 31.2 Å². The Labute approximate surface area is 93.2 Å². The third kappa shape index (κ3) is 2.95. The number of Topliss-reactive ketones (excluding diaryl/α,β-unsaturated/α-hetero) is 1. The van der Waals surface area contributed by atoms with Crippen molar-refractivity contribution in [2.45, 2.75) is 6.92 Å². The quantitative estimate of drug-likeness (QED) is 0.622. The van der Waals surface area contributed by atoms with Gasteiger partial charge in [0.05, 0.1) is 7.11 Å². The molecule has 0 heterocycles. The molecule has 0 unspecified atom stereocenters. The van der Waals surface area contributed by atoms with E-state index >= 15 is 0 Å². The number of hydrogen-bond donors (Lipinski definition) is 1. The number of aliphatic carboxylic acids is 1. The van der Waals surface area contributed by atoms with Crippen molar-refractivity contribution in [1.82, 2.24) is 0 Å². The molecule has 0 spiro atoms. The van der Waals surface area contributed by atoms with Crippen molar-refractivity contribution in [1.29, 1.82) is 0 Å². The Morgan fingerprint density at radius 3 is 2.56 bits per heavy atom. The highest BCUT2D eigenvalue weighted by Crippen LogP contribution is 2.21. The summed E-state index contributed by atoms with van der Waals surface area (Å²) in [5.74, 6) is -0.592. The van der Waals surface area contributed by atoms with E-state index < -0.39 is 5.97 Å². The van der Waals surface area contributed by atoms with Crippen LogP contribution < -0.4 is 4.74 Å². The summed E-state index contributed by atoms with van der Waals surface area (Å²) in [6, 6.07) is 4.87. The summed E-state index contributed by atoms with van der Waals surface area (Å²) in [4.78, 5) is 21.6. The minimum Gasteiger partial charge on any atom is -0.496 e. The van der Waals surface area contributed by atoms with Crippen LogP contribution in [-0.2, 0) is 4.79 Å². The molecule has 0 radical (unpaired) electrons. The van der Waals surface area contributed by atoms with E-state index in [1.165, 1.54) is 20.1 Å². The molecule has 0 aliphatic rings. The maximum absolute atomic E-state index is 11.2. The molecule has 0 amide bonds. The molecule has 1 rings (SSSR count). The molecular formula is C12H12O4. The van der Waals surface area contributed by atoms with Gasteiger partial charge < -0.3 is 9.84 Å². The number of carboxylic acid groups (broad SMARTS) is 1. The first-order valence-corrected chi connectivity index (χ1v) is 4.64. The maximum atomic E-state index is 11.2. The zero-order valence-corrected chi connectivity index (χ0v) is 9.06. The SMILES string of the molecule is COc1ccc(C(C)=O)cc1/C=C/C(=O)O. The molecule has 0 atom stereocenters. The van der Waals surface area contributed by atoms with Crippen molar-refractivity contribution in [2.24, 2.45) is 0 Å². The van der Waals surface area contributed by atoms with Crippen LogP contribution in [0.15, 0.2) is 24.3 Å². The summed E-state index contributed by atoms with van der Waals surface area (Å²) in [5, 5.41) is 8.52. The van der Waals surface area contributed by atoms with Gasteiger partial charge in [0.15, 0.2) is 5.78 Å². The molecule has 4 heteroatoms. The zero-order chi connectivity index (χ0) is 12.1. The summed E-state index contributed by atoms with van der Waals surface area (Å²) in [6.07, 6.45) is 2.40. The summed E-state index contributed by atoms with van der Waals surface area (Å²) in [5.41, 5.74) is 1.09. The molecule has 0 aromatic heterocycles. The second kappa shape index (κ2) is 5.11. The lowest BCUT2D eigenvalue weighted by atomic mass is 10.1. The lowest BCUT2D eigenvalue weighted by molar-refractivity contribution is -0.131. The average Bonchev–Trinajstić information content (AvgIpc) is 2.25. The van der Waals surface area contributed by atoms with Crippen LogP contribution in [0.1, 0.15) is 22.8 Å². The van der Waals surface area contributed by atoms with Gasteiger partial charge in [-0.1, -0.05) is 0 Å². The monoisotopic (exact) mass is 220 g/mol. The number of methoxy groups -OCH3 is 1. The van der Waals surface area contributed by atoms with Crippen LogP contribution in [0, 0.1) is 0 Å². The third-order valence-corrected chi connectivity index (χ3v) is 2.04. The molecule has 1 aromatic carbocycles. The van der Waals surface area contributed by atoms with Gasteiger partial charge in [0, 0.05) is 17.2 Å². The van der Waals surface area contributed by atoms with Gasteiger partial charge in [0.25, 0.3) is 0 Å². The van der Waals surface area contributed by atoms with E-state index in [2.05, 4.69) is 0 Å². The van der Waals surface area contributed by atoms with Gasteiger partial charge >= 0.3 is 5.97 Å². The molecule has 0 saturated heterocycles. The van der Waals surface area contributed by atoms with Crippen LogP contribution in [0.5, 0.6) is 5.75 Å². The number of ketones is 1. The van der Waals surface area contributed by atoms with Gasteiger partial charge in [0.1, 0.15) is 5.75 Å². The van der Waals surface area contributed by atoms with Crippen LogP contribution in [0.4, 0.5) is 0 Å². The van der Waals surface area contributed by atoms with Crippen molar-refractivity contribution < 1.29 is 19.4 Å². The minimum absolute atomic E-state index is 0.0763. The Hall–Kier alpha value is -2.10. The van der Waals surface area contributed by atoms with E-state index in [0.717, 1.165) is 6.08 Å². The molecule has 84 valence electrons. The molecule has 0 bridgehead atoms. The molecule has 0 saturated carbocycles. The Bertz CT molecular complexity index is 446. The number of hydrogen-bond acceptors (Lipinski definition) is 3. The highest BCUT2D eigenvalue weighted by atomic mass is 16.5. The Morgan fingerprint density at radius 2 is 2.06 bits per heavy atom. The zero-order valence-electron chi connectivity index (χ0n) is 9.06. The van der Waals surface area contributed by atoms with Gasteiger partial charge in [-0.15, -0.1) is 0 Å². The molecule has 0 fully saturated rings. The number of benzene rings is 1. The van der Waals surface area contributed by atoms with E-state index in [-0.39, 0.29) is 5.78 Å². The van der Waals surface area contributed by atoms with Gasteiger partial charge in [-0.3, -0.25) is 4.79 Å². The van der Waals surface area contributed by atoms with Crippen LogP contribution in [0.3, 0.4) is 0 Å². The molecule has 4 nitrogen and oxygen atoms in total. The number of carboxylic acids is 1. The molecule has 0 aliphatic carbocycles. The number of carbonyl (C=O) groups is 2. The lowest BCUT2D eigenvalue weighted by Crippen LogP contribution is -1.95. The third-order valence-electron chi connectivity index (χ3n) is 2.04. The van der Waals surface area contributed by atoms with Crippen molar-refractivity contribution in [2.75, 3.05) is 7.11 Å². The average molecular weight is 220 g/mol. The Balaban J connectivity index is 3.16. The number of carbonyl (C=O) groups excluding carboxylic acids is 1. The fourth-order valence-corrected chi connectivity index (χ4v) is 1.24. The standard InChI is InChI=1S/C12H12O4/c1-8(13)9-3-5-11(16-2)10(7-9)4-6-12(14)15/h3-7H,1-2H3,(H,14,15)/b6-4+. The Kier molecular flexibility index (Phi) is 3.83. The number of ether oxygens (including phenoxy) is 1. The van der Waals surface area contributed by atoms with E-state index in [1.54, 1.807) is 18.2 Å². The predicted molar refractivity (Wildman–Crippen MR) is 59.7 cm³/mol. The van der Waals surface area contributed by atoms with Crippen LogP contribution in [-0.4, -0.2) is 24.0 Å². The molecule has 1 N–H and O–H groups in total. The lowest BCUT2D eigenvalue weighted by Gasteiger charge is -2.05. The van der Waals surface area contributed by atoms with Crippen molar-refractivity contribution in [3.05, 3.63) is 35.4 Å². The van der Waals surface area contributed by atoms with E-state index in [9.17, 15) is 9.59 Å². The fraction of sp³-hybridized carbons (Fsp3) is 0.167. The predicted octanol–water partition coefficient (Wildman–Crippen LogP) is 2.00. The van der Waals surface area contributed by atoms with E-state index in [4.69, 9.17) is 9.84 Å². The van der Waals surface area contributed by atoms with Crippen LogP contribution >= 0.6 is 0 Å². The van der Waals surface area contributed by atoms with Gasteiger partial charge in [-0.2, -0.15) is 0 Å². The summed E-state index contributed by atoms with van der Waals surface area (Å²) in [7, 11) is 1.49. The molecule has 1 aromatic rings. The van der Waals surface area contributed by atoms with E-state index in [0.29, 0.717) is 16.9 Å². The minimum atomic E-state index is -1.05. The van der Waals surface area contributed by atoms with Crippen molar-refractivity contribution >= 4 is 17.8 Å². The first-order valence-electron chi connectivity index (χ1n) is 4.64. The highest BCUT2D eigenvalue weighted by Gasteiger charge is 2.05. The smallest absolute Gasteiger partial charge is 0.328 e. The van der Waals surface area contributed by atoms with Gasteiger partial charge in [-0.25, -0.2) is 4.79 Å². The summed E-state index contributed by atoms with van der Waals surface area (Å²) >= 11 is 0. The van der Waals surface area contributed by atoms with E-state index in [1.807, 2.05) is 0 Å². The topological polar surface area (TPSA) is 63.6 Å². The largest absolute Gasteiger partial charge is 0.496 e.